The van der Waals surface area contributed by atoms with E-state index in [-0.39, 0.29) is 10.7 Å². The van der Waals surface area contributed by atoms with Crippen molar-refractivity contribution >= 4 is 15.9 Å². The number of nitrogens with zero attached hydrogens (tertiary/aromatic N) is 2. The van der Waals surface area contributed by atoms with Crippen LogP contribution in [0.5, 0.6) is 0 Å². The van der Waals surface area contributed by atoms with Crippen LogP contribution in [0.25, 0.3) is 0 Å². The van der Waals surface area contributed by atoms with Crippen molar-refractivity contribution < 1.29 is 12.8 Å². The molecule has 21 heavy (non-hydrogen) atoms. The highest BCUT2D eigenvalue weighted by molar-refractivity contribution is 7.89. The van der Waals surface area contributed by atoms with Gasteiger partial charge >= 0.3 is 0 Å². The van der Waals surface area contributed by atoms with Crippen LogP contribution in [-0.2, 0) is 10.0 Å². The highest BCUT2D eigenvalue weighted by Gasteiger charge is 2.29. The second-order valence-electron chi connectivity index (χ2n) is 5.12. The molecule has 0 aliphatic carbocycles. The number of hydrogen-bond acceptors (Lipinski definition) is 4. The van der Waals surface area contributed by atoms with Crippen LogP contribution in [0.4, 0.5) is 4.39 Å². The van der Waals surface area contributed by atoms with Gasteiger partial charge in [0.05, 0.1) is 11.4 Å². The maximum Gasteiger partial charge on any atom is 0.243 e. The number of rotatable bonds is 4. The molecule has 1 heterocycles. The first-order valence-corrected chi connectivity index (χ1v) is 8.06. The molecule has 0 atom stereocenters. The van der Waals surface area contributed by atoms with Gasteiger partial charge in [-0.2, -0.15) is 4.31 Å². The molecule has 0 amide bonds. The van der Waals surface area contributed by atoms with Gasteiger partial charge < -0.3 is 5.73 Å². The molecule has 116 valence electrons. The summed E-state index contributed by atoms with van der Waals surface area (Å²) in [6, 6.07) is 3.69. The van der Waals surface area contributed by atoms with Crippen LogP contribution in [-0.4, -0.2) is 56.2 Å². The minimum Gasteiger partial charge on any atom is -0.387 e. The molecule has 0 spiro atoms. The molecule has 0 bridgehead atoms. The van der Waals surface area contributed by atoms with E-state index in [0.29, 0.717) is 38.3 Å². The van der Waals surface area contributed by atoms with Gasteiger partial charge in [0.1, 0.15) is 11.7 Å². The van der Waals surface area contributed by atoms with E-state index in [1.54, 1.807) is 6.92 Å². The van der Waals surface area contributed by atoms with Crippen molar-refractivity contribution in [1.82, 2.24) is 9.21 Å². The lowest BCUT2D eigenvalue weighted by Gasteiger charge is -2.33. The van der Waals surface area contributed by atoms with Crippen LogP contribution >= 0.6 is 0 Å². The second kappa shape index (κ2) is 6.08. The summed E-state index contributed by atoms with van der Waals surface area (Å²) < 4.78 is 39.6. The van der Waals surface area contributed by atoms with Gasteiger partial charge in [0.2, 0.25) is 10.0 Å². The Balaban J connectivity index is 2.13. The molecule has 1 aliphatic rings. The molecule has 8 heteroatoms. The predicted molar refractivity (Wildman–Crippen MR) is 78.2 cm³/mol. The van der Waals surface area contributed by atoms with E-state index in [2.05, 4.69) is 0 Å². The number of halogens is 1. The van der Waals surface area contributed by atoms with E-state index >= 15 is 0 Å². The molecule has 1 saturated heterocycles. The molecule has 1 fully saturated rings. The zero-order valence-corrected chi connectivity index (χ0v) is 12.7. The van der Waals surface area contributed by atoms with E-state index in [1.807, 2.05) is 4.90 Å². The van der Waals surface area contributed by atoms with Crippen molar-refractivity contribution in [2.75, 3.05) is 32.7 Å². The Labute approximate surface area is 123 Å². The molecule has 6 nitrogen and oxygen atoms in total. The lowest BCUT2D eigenvalue weighted by atomic mass is 10.2. The summed E-state index contributed by atoms with van der Waals surface area (Å²) in [6.45, 7) is 3.67. The van der Waals surface area contributed by atoms with Crippen LogP contribution in [0.15, 0.2) is 23.1 Å². The van der Waals surface area contributed by atoms with E-state index in [0.717, 1.165) is 6.07 Å². The first kappa shape index (κ1) is 15.9. The summed E-state index contributed by atoms with van der Waals surface area (Å²) in [5.41, 5.74) is 5.75. The number of nitrogens with two attached hydrogens (primary N) is 1. The third kappa shape index (κ3) is 3.58. The van der Waals surface area contributed by atoms with Crippen molar-refractivity contribution in [3.05, 3.63) is 29.6 Å². The average molecular weight is 314 g/mol. The number of piperazine rings is 1. The van der Waals surface area contributed by atoms with Crippen LogP contribution in [0.3, 0.4) is 0 Å². The maximum absolute atomic E-state index is 13.1. The van der Waals surface area contributed by atoms with Gasteiger partial charge in [-0.15, -0.1) is 0 Å². The number of sulfonamides is 1. The van der Waals surface area contributed by atoms with Crippen molar-refractivity contribution in [2.45, 2.75) is 11.8 Å². The first-order chi connectivity index (χ1) is 9.80. The Bertz CT molecular complexity index is 640. The van der Waals surface area contributed by atoms with Gasteiger partial charge in [-0.1, -0.05) is 0 Å². The summed E-state index contributed by atoms with van der Waals surface area (Å²) in [4.78, 5) is 2.08. The molecule has 0 unspecified atom stereocenters. The Morgan fingerprint density at radius 2 is 1.95 bits per heavy atom. The molecular weight excluding hydrogens is 295 g/mol. The third-order valence-corrected chi connectivity index (χ3v) is 5.54. The standard InChI is InChI=1S/C13H19FN4O2S/c1-10-8-11(14)2-3-12(10)21(19,20)18-6-4-17(5-7-18)9-13(15)16/h2-3,8H,4-7,9H2,1H3,(H3,15,16). The van der Waals surface area contributed by atoms with Gasteiger partial charge in [0.25, 0.3) is 0 Å². The predicted octanol–water partition coefficient (Wildman–Crippen LogP) is 0.376. The minimum absolute atomic E-state index is 0.0701. The van der Waals surface area contributed by atoms with Crippen LogP contribution < -0.4 is 5.73 Å². The van der Waals surface area contributed by atoms with Gasteiger partial charge in [-0.3, -0.25) is 10.3 Å². The van der Waals surface area contributed by atoms with E-state index in [1.165, 1.54) is 16.4 Å². The Kier molecular flexibility index (Phi) is 4.60. The molecule has 1 aliphatic heterocycles. The van der Waals surface area contributed by atoms with Crippen molar-refractivity contribution in [3.8, 4) is 0 Å². The zero-order chi connectivity index (χ0) is 15.6. The Morgan fingerprint density at radius 1 is 1.33 bits per heavy atom. The summed E-state index contributed by atoms with van der Waals surface area (Å²) >= 11 is 0. The number of nitrogens with one attached hydrogen (secondary N) is 1. The highest BCUT2D eigenvalue weighted by atomic mass is 32.2. The average Bonchev–Trinajstić information content (AvgIpc) is 2.38. The first-order valence-electron chi connectivity index (χ1n) is 6.62. The summed E-state index contributed by atoms with van der Waals surface area (Å²) in [7, 11) is -3.61. The van der Waals surface area contributed by atoms with E-state index in [4.69, 9.17) is 11.1 Å². The van der Waals surface area contributed by atoms with Gasteiger partial charge in [-0.25, -0.2) is 12.8 Å². The third-order valence-electron chi connectivity index (χ3n) is 3.48. The largest absolute Gasteiger partial charge is 0.387 e. The summed E-state index contributed by atoms with van der Waals surface area (Å²) in [5.74, 6) is -0.376. The molecular formula is C13H19FN4O2S. The summed E-state index contributed by atoms with van der Waals surface area (Å²) in [6.07, 6.45) is 0. The van der Waals surface area contributed by atoms with Crippen molar-refractivity contribution in [3.63, 3.8) is 0 Å². The topological polar surface area (TPSA) is 90.5 Å². The van der Waals surface area contributed by atoms with Crippen LogP contribution in [0.2, 0.25) is 0 Å². The molecule has 2 rings (SSSR count). The Morgan fingerprint density at radius 3 is 2.48 bits per heavy atom. The second-order valence-corrected chi connectivity index (χ2v) is 7.02. The minimum atomic E-state index is -3.61. The van der Waals surface area contributed by atoms with E-state index < -0.39 is 15.8 Å². The fourth-order valence-corrected chi connectivity index (χ4v) is 4.04. The van der Waals surface area contributed by atoms with Gasteiger partial charge in [0.15, 0.2) is 0 Å². The summed E-state index contributed by atoms with van der Waals surface area (Å²) in [5, 5.41) is 7.26. The molecule has 1 aromatic carbocycles. The van der Waals surface area contributed by atoms with Crippen molar-refractivity contribution in [2.24, 2.45) is 5.73 Å². The molecule has 0 radical (unpaired) electrons. The highest BCUT2D eigenvalue weighted by Crippen LogP contribution is 2.21. The molecule has 3 N–H and O–H groups in total. The van der Waals surface area contributed by atoms with Gasteiger partial charge in [0, 0.05) is 26.2 Å². The number of aryl methyl sites for hydroxylation is 1. The normalized spacial score (nSPS) is 17.8. The lowest BCUT2D eigenvalue weighted by molar-refractivity contribution is 0.208. The zero-order valence-electron chi connectivity index (χ0n) is 11.8. The lowest BCUT2D eigenvalue weighted by Crippen LogP contribution is -2.50. The molecule has 1 aromatic rings. The SMILES string of the molecule is Cc1cc(F)ccc1S(=O)(=O)N1CCN(CC(=N)N)CC1. The molecule has 0 saturated carbocycles. The smallest absolute Gasteiger partial charge is 0.243 e. The van der Waals surface area contributed by atoms with Gasteiger partial charge in [-0.05, 0) is 30.7 Å². The maximum atomic E-state index is 13.1. The van der Waals surface area contributed by atoms with Crippen LogP contribution in [0.1, 0.15) is 5.56 Å². The monoisotopic (exact) mass is 314 g/mol. The number of benzene rings is 1. The molecule has 0 aromatic heterocycles. The number of hydrogen-bond donors (Lipinski definition) is 2. The van der Waals surface area contributed by atoms with Crippen LogP contribution in [0, 0.1) is 18.2 Å². The quantitative estimate of drug-likeness (QED) is 0.621. The van der Waals surface area contributed by atoms with Crippen molar-refractivity contribution in [1.29, 1.82) is 5.41 Å². The van der Waals surface area contributed by atoms with E-state index in [9.17, 15) is 12.8 Å². The fourth-order valence-electron chi connectivity index (χ4n) is 2.41. The number of amidine groups is 1. The fraction of sp³-hybridized carbons (Fsp3) is 0.462. The Hall–Kier alpha value is -1.51.